The highest BCUT2D eigenvalue weighted by atomic mass is 35.5. The molecule has 2 aromatic heterocycles. The predicted molar refractivity (Wildman–Crippen MR) is 86.6 cm³/mol. The molecule has 1 aliphatic heterocycles. The molecule has 0 aliphatic carbocycles. The number of fused-ring (bicyclic) bond motifs is 1. The molecule has 3 rings (SSSR count). The number of hydrogen-bond acceptors (Lipinski definition) is 4. The summed E-state index contributed by atoms with van der Waals surface area (Å²) in [6.07, 6.45) is 0. The zero-order valence-electron chi connectivity index (χ0n) is 12.0. The van der Waals surface area contributed by atoms with Gasteiger partial charge in [-0.2, -0.15) is 0 Å². The first-order chi connectivity index (χ1) is 9.15. The molecule has 0 unspecified atom stereocenters. The van der Waals surface area contributed by atoms with Gasteiger partial charge in [-0.25, -0.2) is 4.98 Å². The summed E-state index contributed by atoms with van der Waals surface area (Å²) in [5.74, 6) is 0.325. The van der Waals surface area contributed by atoms with E-state index in [-0.39, 0.29) is 36.8 Å². The maximum absolute atomic E-state index is 12.4. The van der Waals surface area contributed by atoms with E-state index in [1.165, 1.54) is 0 Å². The Morgan fingerprint density at radius 1 is 1.43 bits per heavy atom. The maximum atomic E-state index is 12.4. The topological polar surface area (TPSA) is 58.4 Å². The van der Waals surface area contributed by atoms with Crippen LogP contribution in [0.15, 0.2) is 22.6 Å². The van der Waals surface area contributed by atoms with Crippen LogP contribution in [0.25, 0.3) is 11.1 Å². The van der Waals surface area contributed by atoms with Crippen molar-refractivity contribution in [2.45, 2.75) is 19.9 Å². The first kappa shape index (κ1) is 17.8. The van der Waals surface area contributed by atoms with E-state index in [2.05, 4.69) is 10.3 Å². The molecule has 1 fully saturated rings. The lowest BCUT2D eigenvalue weighted by Gasteiger charge is -2.33. The SMILES string of the molecule is Cc1ccc2oc(C(=O)N3CCNC[C@H]3C)cc2n1.Cl.Cl. The molecule has 1 atom stereocenters. The van der Waals surface area contributed by atoms with Gasteiger partial charge >= 0.3 is 0 Å². The Bertz CT molecular complexity index is 630. The number of halogens is 2. The number of furan rings is 1. The van der Waals surface area contributed by atoms with Gasteiger partial charge in [-0.3, -0.25) is 4.79 Å². The van der Waals surface area contributed by atoms with Crippen molar-refractivity contribution < 1.29 is 9.21 Å². The summed E-state index contributed by atoms with van der Waals surface area (Å²) < 4.78 is 5.61. The van der Waals surface area contributed by atoms with E-state index in [9.17, 15) is 4.79 Å². The minimum absolute atomic E-state index is 0. The van der Waals surface area contributed by atoms with E-state index in [0.29, 0.717) is 17.9 Å². The zero-order chi connectivity index (χ0) is 13.4. The van der Waals surface area contributed by atoms with Gasteiger partial charge < -0.3 is 14.6 Å². The summed E-state index contributed by atoms with van der Waals surface area (Å²) in [7, 11) is 0. The van der Waals surface area contributed by atoms with E-state index in [1.807, 2.05) is 30.9 Å². The number of aryl methyl sites for hydroxylation is 1. The van der Waals surface area contributed by atoms with Crippen LogP contribution in [0.3, 0.4) is 0 Å². The van der Waals surface area contributed by atoms with E-state index >= 15 is 0 Å². The van der Waals surface area contributed by atoms with Crippen LogP contribution in [0, 0.1) is 6.92 Å². The first-order valence-electron chi connectivity index (χ1n) is 6.54. The van der Waals surface area contributed by atoms with Gasteiger partial charge in [0.25, 0.3) is 5.91 Å². The Morgan fingerprint density at radius 2 is 2.19 bits per heavy atom. The van der Waals surface area contributed by atoms with Crippen molar-refractivity contribution in [3.63, 3.8) is 0 Å². The third-order valence-corrected chi connectivity index (χ3v) is 3.49. The Hall–Kier alpha value is -1.30. The smallest absolute Gasteiger partial charge is 0.289 e. The first-order valence-corrected chi connectivity index (χ1v) is 6.54. The van der Waals surface area contributed by atoms with Crippen molar-refractivity contribution in [3.05, 3.63) is 29.7 Å². The molecule has 0 bridgehead atoms. The number of rotatable bonds is 1. The van der Waals surface area contributed by atoms with Crippen molar-refractivity contribution in [2.24, 2.45) is 0 Å². The van der Waals surface area contributed by atoms with E-state index < -0.39 is 0 Å². The highest BCUT2D eigenvalue weighted by Gasteiger charge is 2.26. The Morgan fingerprint density at radius 3 is 2.90 bits per heavy atom. The van der Waals surface area contributed by atoms with Crippen LogP contribution in [0.1, 0.15) is 23.2 Å². The molecular formula is C14H19Cl2N3O2. The van der Waals surface area contributed by atoms with E-state index in [0.717, 1.165) is 24.3 Å². The van der Waals surface area contributed by atoms with Crippen LogP contribution in [-0.2, 0) is 0 Å². The number of hydrogen-bond donors (Lipinski definition) is 1. The standard InChI is InChI=1S/C14H17N3O2.2ClH/c1-9-3-4-12-11(16-9)7-13(19-12)14(18)17-6-5-15-8-10(17)2;;/h3-4,7,10,15H,5-6,8H2,1-2H3;2*1H/t10-;;/m1../s1. The minimum atomic E-state index is -0.0512. The van der Waals surface area contributed by atoms with Crippen molar-refractivity contribution in [3.8, 4) is 0 Å². The van der Waals surface area contributed by atoms with Crippen LogP contribution in [0.5, 0.6) is 0 Å². The third-order valence-electron chi connectivity index (χ3n) is 3.49. The summed E-state index contributed by atoms with van der Waals surface area (Å²) in [6.45, 7) is 6.32. The van der Waals surface area contributed by atoms with Gasteiger partial charge in [-0.05, 0) is 26.0 Å². The fourth-order valence-electron chi connectivity index (χ4n) is 2.42. The van der Waals surface area contributed by atoms with Crippen LogP contribution in [0.4, 0.5) is 0 Å². The van der Waals surface area contributed by atoms with E-state index in [4.69, 9.17) is 4.42 Å². The van der Waals surface area contributed by atoms with Crippen LogP contribution < -0.4 is 5.32 Å². The van der Waals surface area contributed by atoms with Gasteiger partial charge in [0.2, 0.25) is 0 Å². The molecular weight excluding hydrogens is 313 g/mol. The molecule has 0 saturated carbocycles. The van der Waals surface area contributed by atoms with Crippen molar-refractivity contribution >= 4 is 41.8 Å². The second-order valence-electron chi connectivity index (χ2n) is 5.00. The van der Waals surface area contributed by atoms with Gasteiger partial charge in [0.1, 0.15) is 5.52 Å². The van der Waals surface area contributed by atoms with Crippen molar-refractivity contribution in [1.29, 1.82) is 0 Å². The normalized spacial score (nSPS) is 18.0. The molecule has 0 radical (unpaired) electrons. The molecule has 116 valence electrons. The molecule has 2 aromatic rings. The van der Waals surface area contributed by atoms with Crippen molar-refractivity contribution in [2.75, 3.05) is 19.6 Å². The summed E-state index contributed by atoms with van der Waals surface area (Å²) in [5, 5.41) is 3.27. The molecule has 7 heteroatoms. The molecule has 0 spiro atoms. The summed E-state index contributed by atoms with van der Waals surface area (Å²) in [6, 6.07) is 5.66. The highest BCUT2D eigenvalue weighted by Crippen LogP contribution is 2.20. The summed E-state index contributed by atoms with van der Waals surface area (Å²) in [5.41, 5.74) is 2.32. The highest BCUT2D eigenvalue weighted by molar-refractivity contribution is 5.95. The van der Waals surface area contributed by atoms with Crippen LogP contribution in [-0.4, -0.2) is 41.5 Å². The number of piperazine rings is 1. The quantitative estimate of drug-likeness (QED) is 0.871. The number of nitrogens with zero attached hydrogens (tertiary/aromatic N) is 2. The van der Waals surface area contributed by atoms with Gasteiger partial charge in [-0.15, -0.1) is 24.8 Å². The number of carbonyl (C=O) groups is 1. The summed E-state index contributed by atoms with van der Waals surface area (Å²) in [4.78, 5) is 18.7. The minimum Gasteiger partial charge on any atom is -0.449 e. The number of amides is 1. The average molecular weight is 332 g/mol. The maximum Gasteiger partial charge on any atom is 0.289 e. The lowest BCUT2D eigenvalue weighted by Crippen LogP contribution is -2.52. The largest absolute Gasteiger partial charge is 0.449 e. The van der Waals surface area contributed by atoms with Gasteiger partial charge in [0.15, 0.2) is 11.3 Å². The zero-order valence-corrected chi connectivity index (χ0v) is 13.6. The van der Waals surface area contributed by atoms with E-state index in [1.54, 1.807) is 6.07 Å². The number of carbonyl (C=O) groups excluding carboxylic acids is 1. The Kier molecular flexibility index (Phi) is 6.01. The third kappa shape index (κ3) is 3.48. The molecule has 21 heavy (non-hydrogen) atoms. The number of aromatic nitrogens is 1. The fraction of sp³-hybridized carbons (Fsp3) is 0.429. The Balaban J connectivity index is 0.00000110. The Labute approximate surface area is 135 Å². The second-order valence-corrected chi connectivity index (χ2v) is 5.00. The molecule has 5 nitrogen and oxygen atoms in total. The summed E-state index contributed by atoms with van der Waals surface area (Å²) >= 11 is 0. The van der Waals surface area contributed by atoms with Crippen LogP contribution >= 0.6 is 24.8 Å². The molecule has 1 amide bonds. The van der Waals surface area contributed by atoms with Gasteiger partial charge in [-0.1, -0.05) is 0 Å². The lowest BCUT2D eigenvalue weighted by atomic mass is 10.2. The molecule has 0 aromatic carbocycles. The monoisotopic (exact) mass is 331 g/mol. The number of nitrogens with one attached hydrogen (secondary N) is 1. The van der Waals surface area contributed by atoms with Gasteiger partial charge in [0, 0.05) is 37.4 Å². The fourth-order valence-corrected chi connectivity index (χ4v) is 2.42. The number of pyridine rings is 1. The van der Waals surface area contributed by atoms with Crippen molar-refractivity contribution in [1.82, 2.24) is 15.2 Å². The second kappa shape index (κ2) is 7.11. The molecule has 3 heterocycles. The molecule has 1 N–H and O–H groups in total. The van der Waals surface area contributed by atoms with Gasteiger partial charge in [0.05, 0.1) is 0 Å². The molecule has 1 saturated heterocycles. The molecule has 1 aliphatic rings. The lowest BCUT2D eigenvalue weighted by molar-refractivity contribution is 0.0625. The average Bonchev–Trinajstić information content (AvgIpc) is 2.81. The van der Waals surface area contributed by atoms with Crippen LogP contribution in [0.2, 0.25) is 0 Å². The predicted octanol–water partition coefficient (Wildman–Crippen LogP) is 2.41.